The van der Waals surface area contributed by atoms with E-state index in [4.69, 9.17) is 18.5 Å². The van der Waals surface area contributed by atoms with Crippen LogP contribution in [0, 0.1) is 11.6 Å². The molecule has 2 aromatic rings. The van der Waals surface area contributed by atoms with Gasteiger partial charge in [0.15, 0.2) is 0 Å². The summed E-state index contributed by atoms with van der Waals surface area (Å²) in [5.41, 5.74) is -0.895. The highest BCUT2D eigenvalue weighted by atomic mass is 31.2. The number of hydrogen-bond donors (Lipinski definition) is 3. The van der Waals surface area contributed by atoms with Crippen LogP contribution in [0.3, 0.4) is 0 Å². The van der Waals surface area contributed by atoms with Gasteiger partial charge >= 0.3 is 13.5 Å². The predicted octanol–water partition coefficient (Wildman–Crippen LogP) is 5.54. The Hall–Kier alpha value is -2.25. The number of unbranched alkanes of at least 4 members (excludes halogenated alkanes) is 10. The van der Waals surface area contributed by atoms with Crippen molar-refractivity contribution in [2.24, 2.45) is 0 Å². The van der Waals surface area contributed by atoms with Crippen LogP contribution in [0.2, 0.25) is 0 Å². The Morgan fingerprint density at radius 2 is 1.56 bits per heavy atom. The molecule has 0 amide bonds. The third-order valence-electron chi connectivity index (χ3n) is 7.78. The number of aromatic nitrogens is 2. The summed E-state index contributed by atoms with van der Waals surface area (Å²) in [4.78, 5) is 35.1. The van der Waals surface area contributed by atoms with Gasteiger partial charge in [-0.15, -0.1) is 0 Å². The first-order valence-corrected chi connectivity index (χ1v) is 17.4. The summed E-state index contributed by atoms with van der Waals surface area (Å²) < 4.78 is 60.8. The van der Waals surface area contributed by atoms with Gasteiger partial charge in [0.1, 0.15) is 18.1 Å². The van der Waals surface area contributed by atoms with Crippen molar-refractivity contribution < 1.29 is 41.9 Å². The Bertz CT molecular complexity index is 1310. The van der Waals surface area contributed by atoms with Crippen molar-refractivity contribution in [3.05, 3.63) is 68.5 Å². The molecular formula is C31H47F2N2O9P. The molecule has 1 unspecified atom stereocenters. The highest BCUT2D eigenvalue weighted by molar-refractivity contribution is 7.47. The molecule has 1 aromatic carbocycles. The second kappa shape index (κ2) is 19.4. The van der Waals surface area contributed by atoms with Crippen LogP contribution in [0.15, 0.2) is 40.1 Å². The molecule has 0 bridgehead atoms. The van der Waals surface area contributed by atoms with E-state index in [2.05, 4.69) is 0 Å². The Morgan fingerprint density at radius 1 is 0.956 bits per heavy atom. The lowest BCUT2D eigenvalue weighted by Gasteiger charge is -2.24. The van der Waals surface area contributed by atoms with Gasteiger partial charge in [0.05, 0.1) is 31.6 Å². The molecule has 1 aromatic heterocycles. The monoisotopic (exact) mass is 660 g/mol. The van der Waals surface area contributed by atoms with Crippen molar-refractivity contribution in [1.82, 2.24) is 9.55 Å². The minimum atomic E-state index is -4.50. The van der Waals surface area contributed by atoms with Crippen LogP contribution in [-0.4, -0.2) is 57.7 Å². The summed E-state index contributed by atoms with van der Waals surface area (Å²) >= 11 is 0. The van der Waals surface area contributed by atoms with E-state index in [1.165, 1.54) is 69.6 Å². The number of H-pyrrole nitrogens is 1. The number of ether oxygens (including phenoxy) is 2. The van der Waals surface area contributed by atoms with Gasteiger partial charge in [-0.2, -0.15) is 4.39 Å². The van der Waals surface area contributed by atoms with Crippen LogP contribution in [-0.2, 0) is 29.5 Å². The van der Waals surface area contributed by atoms with Crippen molar-refractivity contribution in [2.45, 2.75) is 115 Å². The van der Waals surface area contributed by atoms with E-state index < -0.39 is 49.4 Å². The molecule has 1 saturated heterocycles. The minimum Gasteiger partial charge on any atom is -0.390 e. The molecule has 14 heteroatoms. The lowest BCUT2D eigenvalue weighted by Crippen LogP contribution is -2.35. The lowest BCUT2D eigenvalue weighted by atomic mass is 10.0. The maximum absolute atomic E-state index is 13.6. The zero-order valence-electron chi connectivity index (χ0n) is 25.9. The minimum absolute atomic E-state index is 0.109. The molecule has 3 rings (SSSR count). The third-order valence-corrected chi connectivity index (χ3v) is 8.89. The van der Waals surface area contributed by atoms with Gasteiger partial charge < -0.3 is 19.5 Å². The zero-order chi connectivity index (χ0) is 32.7. The molecule has 5 atom stereocenters. The van der Waals surface area contributed by atoms with Crippen molar-refractivity contribution in [1.29, 1.82) is 0 Å². The number of hydrogen-bond acceptors (Lipinski definition) is 8. The van der Waals surface area contributed by atoms with Crippen LogP contribution in [0.5, 0.6) is 0 Å². The van der Waals surface area contributed by atoms with Gasteiger partial charge in [0.2, 0.25) is 5.82 Å². The average molecular weight is 661 g/mol. The van der Waals surface area contributed by atoms with Crippen LogP contribution >= 0.6 is 7.82 Å². The number of benzene rings is 1. The predicted molar refractivity (Wildman–Crippen MR) is 164 cm³/mol. The Morgan fingerprint density at radius 3 is 2.20 bits per heavy atom. The first-order chi connectivity index (χ1) is 21.6. The number of phosphoric ester groups is 1. The van der Waals surface area contributed by atoms with E-state index in [0.29, 0.717) is 12.8 Å². The molecule has 0 spiro atoms. The van der Waals surface area contributed by atoms with E-state index >= 15 is 0 Å². The Balaban J connectivity index is 1.14. The van der Waals surface area contributed by atoms with Crippen molar-refractivity contribution in [3.8, 4) is 0 Å². The first kappa shape index (κ1) is 37.2. The SMILES string of the molecule is C[C@@H](OP(=O)(O)OCCOCCCCCCCCCCCCCc1ccc(F)cc1)[C@H]1O[C@@H](n2cc(F)c(=O)[nH]c2=O)C[C@@H]1O. The molecule has 0 aliphatic carbocycles. The summed E-state index contributed by atoms with van der Waals surface area (Å²) in [6, 6.07) is 6.76. The van der Waals surface area contributed by atoms with Crippen LogP contribution in [0.25, 0.3) is 0 Å². The first-order valence-electron chi connectivity index (χ1n) is 15.9. The molecule has 1 aliphatic rings. The lowest BCUT2D eigenvalue weighted by molar-refractivity contribution is -0.0773. The fourth-order valence-corrected chi connectivity index (χ4v) is 6.24. The Labute approximate surface area is 262 Å². The summed E-state index contributed by atoms with van der Waals surface area (Å²) in [5.74, 6) is -1.38. The highest BCUT2D eigenvalue weighted by Gasteiger charge is 2.42. The molecule has 45 heavy (non-hydrogen) atoms. The number of nitrogens with one attached hydrogen (secondary N) is 1. The van der Waals surface area contributed by atoms with Gasteiger partial charge in [-0.1, -0.05) is 69.9 Å². The van der Waals surface area contributed by atoms with Crippen LogP contribution in [0.1, 0.15) is 95.8 Å². The number of phosphoric acid groups is 1. The largest absolute Gasteiger partial charge is 0.472 e. The normalized spacial score (nSPS) is 20.3. The number of aliphatic hydroxyl groups is 1. The Kier molecular flexibility index (Phi) is 16.1. The number of rotatable bonds is 22. The highest BCUT2D eigenvalue weighted by Crippen LogP contribution is 2.46. The number of aromatic amines is 1. The van der Waals surface area contributed by atoms with Gasteiger partial charge in [-0.3, -0.25) is 23.4 Å². The number of halogens is 2. The van der Waals surface area contributed by atoms with E-state index in [9.17, 15) is 32.9 Å². The van der Waals surface area contributed by atoms with Crippen molar-refractivity contribution in [3.63, 3.8) is 0 Å². The zero-order valence-corrected chi connectivity index (χ0v) is 26.8. The fraction of sp³-hybridized carbons (Fsp3) is 0.677. The maximum Gasteiger partial charge on any atom is 0.472 e. The smallest absolute Gasteiger partial charge is 0.390 e. The topological polar surface area (TPSA) is 149 Å². The molecular weight excluding hydrogens is 613 g/mol. The number of nitrogens with zero attached hydrogens (tertiary/aromatic N) is 1. The quantitative estimate of drug-likeness (QED) is 0.109. The maximum atomic E-state index is 13.6. The third kappa shape index (κ3) is 13.6. The van der Waals surface area contributed by atoms with E-state index in [1.807, 2.05) is 17.1 Å². The van der Waals surface area contributed by atoms with E-state index in [0.717, 1.165) is 36.7 Å². The van der Waals surface area contributed by atoms with Gasteiger partial charge in [-0.25, -0.2) is 13.8 Å². The molecule has 0 radical (unpaired) electrons. The van der Waals surface area contributed by atoms with Crippen molar-refractivity contribution >= 4 is 7.82 Å². The molecule has 254 valence electrons. The summed E-state index contributed by atoms with van der Waals surface area (Å²) in [5, 5.41) is 10.3. The molecule has 1 aliphatic heterocycles. The van der Waals surface area contributed by atoms with Gasteiger partial charge in [-0.05, 0) is 43.9 Å². The van der Waals surface area contributed by atoms with Crippen LogP contribution < -0.4 is 11.2 Å². The number of aliphatic hydroxyl groups excluding tert-OH is 1. The van der Waals surface area contributed by atoms with Gasteiger partial charge in [0, 0.05) is 13.0 Å². The molecule has 3 N–H and O–H groups in total. The molecule has 11 nitrogen and oxygen atoms in total. The summed E-state index contributed by atoms with van der Waals surface area (Å²) in [6.07, 6.45) is 9.88. The second-order valence-corrected chi connectivity index (χ2v) is 12.9. The summed E-state index contributed by atoms with van der Waals surface area (Å²) in [6.45, 7) is 1.85. The standard InChI is InChI=1S/C31H47F2N2O9P/c1-23(29-27(36)21-28(43-29)35-22-26(33)30(37)34-31(35)38)44-45(39,40)42-20-19-41-18-12-10-8-6-4-2-3-5-7-9-11-13-24-14-16-25(32)17-15-24/h14-17,22-23,27-29,36H,2-13,18-21H2,1H3,(H,39,40)(H,34,37,38)/t23-,27+,28-,29-/m1/s1. The molecule has 1 fully saturated rings. The summed E-state index contributed by atoms with van der Waals surface area (Å²) in [7, 11) is -4.50. The van der Waals surface area contributed by atoms with Crippen molar-refractivity contribution in [2.75, 3.05) is 19.8 Å². The molecule has 2 heterocycles. The molecule has 0 saturated carbocycles. The van der Waals surface area contributed by atoms with Gasteiger partial charge in [0.25, 0.3) is 5.56 Å². The van der Waals surface area contributed by atoms with E-state index in [1.54, 1.807) is 0 Å². The van der Waals surface area contributed by atoms with E-state index in [-0.39, 0.29) is 25.5 Å². The fourth-order valence-electron chi connectivity index (χ4n) is 5.34. The second-order valence-electron chi connectivity index (χ2n) is 11.5. The average Bonchev–Trinajstić information content (AvgIpc) is 3.38. The van der Waals surface area contributed by atoms with Crippen LogP contribution in [0.4, 0.5) is 8.78 Å². The number of aryl methyl sites for hydroxylation is 1.